The number of carbonyl (C=O) groups is 1. The van der Waals surface area contributed by atoms with Gasteiger partial charge in [0.2, 0.25) is 0 Å². The number of hydrogen-bond donors (Lipinski definition) is 2. The number of halogens is 3. The molecular formula is C18H25Cl3N2O2. The van der Waals surface area contributed by atoms with Crippen LogP contribution in [0.25, 0.3) is 0 Å². The summed E-state index contributed by atoms with van der Waals surface area (Å²) in [5.74, 6) is 0. The lowest BCUT2D eigenvalue weighted by Crippen LogP contribution is -3.17. The van der Waals surface area contributed by atoms with Crippen LogP contribution in [0.15, 0.2) is 18.2 Å². The zero-order valence-corrected chi connectivity index (χ0v) is 16.5. The summed E-state index contributed by atoms with van der Waals surface area (Å²) in [5, 5.41) is 3.55. The number of likely N-dealkylation sites (tertiary alicyclic amines) is 1. The standard InChI is InChI=1S/C18H24Cl2N2O2.ClH/c19-13-7-6-8-14(20)17(13)21-18(23)24-16-10-3-2-9-15(16)22-11-4-1-5-12-22;/h6-8,15-16H,1-5,9-12H2,(H,21,23);1H. The average molecular weight is 408 g/mol. The van der Waals surface area contributed by atoms with E-state index in [4.69, 9.17) is 27.9 Å². The third-order valence-corrected chi connectivity index (χ3v) is 5.80. The summed E-state index contributed by atoms with van der Waals surface area (Å²) >= 11 is 12.2. The minimum atomic E-state index is -0.460. The summed E-state index contributed by atoms with van der Waals surface area (Å²) < 4.78 is 5.78. The monoisotopic (exact) mass is 406 g/mol. The Hall–Kier alpha value is -0.680. The number of rotatable bonds is 3. The van der Waals surface area contributed by atoms with Crippen LogP contribution in [0, 0.1) is 0 Å². The first-order valence-corrected chi connectivity index (χ1v) is 9.67. The van der Waals surface area contributed by atoms with Crippen molar-refractivity contribution in [2.45, 2.75) is 57.1 Å². The first-order chi connectivity index (χ1) is 11.6. The molecule has 1 aliphatic carbocycles. The largest absolute Gasteiger partial charge is 1.00 e. The Morgan fingerprint density at radius 1 is 1.04 bits per heavy atom. The van der Waals surface area contributed by atoms with Gasteiger partial charge in [-0.2, -0.15) is 0 Å². The van der Waals surface area contributed by atoms with Crippen molar-refractivity contribution in [2.75, 3.05) is 18.4 Å². The van der Waals surface area contributed by atoms with Crippen molar-refractivity contribution in [1.82, 2.24) is 0 Å². The zero-order valence-electron chi connectivity index (χ0n) is 14.2. The van der Waals surface area contributed by atoms with Gasteiger partial charge in [0.15, 0.2) is 6.10 Å². The molecule has 140 valence electrons. The Labute approximate surface area is 165 Å². The highest BCUT2D eigenvalue weighted by Gasteiger charge is 2.36. The Balaban J connectivity index is 0.00000225. The number of anilines is 1. The number of benzene rings is 1. The Morgan fingerprint density at radius 3 is 2.36 bits per heavy atom. The molecule has 2 fully saturated rings. The molecule has 2 unspecified atom stereocenters. The number of piperidine rings is 1. The van der Waals surface area contributed by atoms with Crippen LogP contribution >= 0.6 is 23.2 Å². The summed E-state index contributed by atoms with van der Waals surface area (Å²) in [6.45, 7) is 2.39. The lowest BCUT2D eigenvalue weighted by atomic mass is 9.90. The van der Waals surface area contributed by atoms with Gasteiger partial charge in [-0.1, -0.05) is 29.3 Å². The molecule has 2 N–H and O–H groups in total. The number of carbonyl (C=O) groups excluding carboxylic acids is 1. The maximum atomic E-state index is 12.4. The van der Waals surface area contributed by atoms with Gasteiger partial charge in [-0.05, 0) is 50.7 Å². The van der Waals surface area contributed by atoms with Gasteiger partial charge in [0.25, 0.3) is 0 Å². The van der Waals surface area contributed by atoms with Crippen molar-refractivity contribution in [3.8, 4) is 0 Å². The normalized spacial score (nSPS) is 24.2. The average Bonchev–Trinajstić information content (AvgIpc) is 2.60. The van der Waals surface area contributed by atoms with E-state index in [9.17, 15) is 4.79 Å². The minimum absolute atomic E-state index is 0. The first-order valence-electron chi connectivity index (χ1n) is 8.91. The van der Waals surface area contributed by atoms with Gasteiger partial charge in [-0.3, -0.25) is 5.32 Å². The molecule has 25 heavy (non-hydrogen) atoms. The van der Waals surface area contributed by atoms with Crippen LogP contribution in [0.4, 0.5) is 10.5 Å². The number of nitrogens with one attached hydrogen (secondary N) is 2. The van der Waals surface area contributed by atoms with Gasteiger partial charge in [0.1, 0.15) is 6.04 Å². The summed E-state index contributed by atoms with van der Waals surface area (Å²) in [6, 6.07) is 5.57. The third kappa shape index (κ3) is 5.40. The van der Waals surface area contributed by atoms with Crippen molar-refractivity contribution in [2.24, 2.45) is 0 Å². The molecular weight excluding hydrogens is 383 g/mol. The van der Waals surface area contributed by atoms with E-state index >= 15 is 0 Å². The molecule has 0 spiro atoms. The molecule has 1 saturated heterocycles. The van der Waals surface area contributed by atoms with E-state index in [0.29, 0.717) is 21.8 Å². The lowest BCUT2D eigenvalue weighted by Gasteiger charge is -2.38. The summed E-state index contributed by atoms with van der Waals surface area (Å²) in [4.78, 5) is 14.0. The predicted molar refractivity (Wildman–Crippen MR) is 97.2 cm³/mol. The minimum Gasteiger partial charge on any atom is -1.00 e. The topological polar surface area (TPSA) is 42.8 Å². The molecule has 1 amide bonds. The van der Waals surface area contributed by atoms with E-state index in [1.54, 1.807) is 23.1 Å². The van der Waals surface area contributed by atoms with Crippen LogP contribution in [0.2, 0.25) is 10.0 Å². The Morgan fingerprint density at radius 2 is 1.68 bits per heavy atom. The van der Waals surface area contributed by atoms with E-state index in [1.807, 2.05) is 0 Å². The van der Waals surface area contributed by atoms with E-state index < -0.39 is 6.09 Å². The maximum absolute atomic E-state index is 12.4. The van der Waals surface area contributed by atoms with Gasteiger partial charge >= 0.3 is 6.09 Å². The second kappa shape index (κ2) is 9.86. The van der Waals surface area contributed by atoms with E-state index in [-0.39, 0.29) is 18.5 Å². The van der Waals surface area contributed by atoms with Crippen LogP contribution in [-0.4, -0.2) is 31.3 Å². The van der Waals surface area contributed by atoms with Crippen LogP contribution < -0.4 is 22.6 Å². The lowest BCUT2D eigenvalue weighted by molar-refractivity contribution is -0.934. The van der Waals surface area contributed by atoms with Gasteiger partial charge < -0.3 is 22.0 Å². The van der Waals surface area contributed by atoms with E-state index in [2.05, 4.69) is 5.32 Å². The van der Waals surface area contributed by atoms with Crippen LogP contribution in [0.1, 0.15) is 44.9 Å². The highest BCUT2D eigenvalue weighted by atomic mass is 35.5. The van der Waals surface area contributed by atoms with Crippen molar-refractivity contribution >= 4 is 35.0 Å². The highest BCUT2D eigenvalue weighted by Crippen LogP contribution is 2.30. The van der Waals surface area contributed by atoms with E-state index in [1.165, 1.54) is 38.8 Å². The quantitative estimate of drug-likeness (QED) is 0.783. The fourth-order valence-electron chi connectivity index (χ4n) is 3.97. The van der Waals surface area contributed by atoms with Crippen LogP contribution in [-0.2, 0) is 4.74 Å². The number of para-hydroxylation sites is 1. The highest BCUT2D eigenvalue weighted by molar-refractivity contribution is 6.39. The molecule has 0 bridgehead atoms. The molecule has 7 heteroatoms. The van der Waals surface area contributed by atoms with E-state index in [0.717, 1.165) is 19.3 Å². The molecule has 1 aliphatic heterocycles. The Bertz CT molecular complexity index is 559. The van der Waals surface area contributed by atoms with Crippen LogP contribution in [0.3, 0.4) is 0 Å². The summed E-state index contributed by atoms with van der Waals surface area (Å²) in [6.07, 6.45) is 7.83. The third-order valence-electron chi connectivity index (χ3n) is 5.17. The summed E-state index contributed by atoms with van der Waals surface area (Å²) in [5.41, 5.74) is 0.420. The number of ether oxygens (including phenoxy) is 1. The second-order valence-corrected chi connectivity index (χ2v) is 7.59. The molecule has 1 saturated carbocycles. The second-order valence-electron chi connectivity index (χ2n) is 6.78. The molecule has 1 aromatic carbocycles. The maximum Gasteiger partial charge on any atom is 0.412 e. The fourth-order valence-corrected chi connectivity index (χ4v) is 4.46. The Kier molecular flexibility index (Phi) is 8.14. The van der Waals surface area contributed by atoms with Gasteiger partial charge in [0.05, 0.1) is 28.8 Å². The van der Waals surface area contributed by atoms with Crippen LogP contribution in [0.5, 0.6) is 0 Å². The molecule has 0 aromatic heterocycles. The number of hydrogen-bond acceptors (Lipinski definition) is 2. The van der Waals surface area contributed by atoms with Gasteiger partial charge in [-0.25, -0.2) is 4.79 Å². The van der Waals surface area contributed by atoms with Gasteiger partial charge in [-0.15, -0.1) is 0 Å². The number of amides is 1. The predicted octanol–water partition coefficient (Wildman–Crippen LogP) is 0.926. The van der Waals surface area contributed by atoms with Crippen molar-refractivity contribution < 1.29 is 26.8 Å². The summed E-state index contributed by atoms with van der Waals surface area (Å²) in [7, 11) is 0. The fraction of sp³-hybridized carbons (Fsp3) is 0.611. The van der Waals surface area contributed by atoms with Crippen molar-refractivity contribution in [3.63, 3.8) is 0 Å². The molecule has 1 heterocycles. The first kappa shape index (κ1) is 20.6. The molecule has 4 nitrogen and oxygen atoms in total. The zero-order chi connectivity index (χ0) is 16.9. The van der Waals surface area contributed by atoms with Crippen molar-refractivity contribution in [1.29, 1.82) is 0 Å². The molecule has 1 aromatic rings. The number of quaternary nitrogens is 1. The molecule has 3 rings (SSSR count). The molecule has 2 atom stereocenters. The molecule has 0 radical (unpaired) electrons. The SMILES string of the molecule is O=C(Nc1c(Cl)cccc1Cl)OC1CCCCC1[NH+]1CCCCC1.[Cl-]. The molecule has 2 aliphatic rings. The smallest absolute Gasteiger partial charge is 0.412 e. The van der Waals surface area contributed by atoms with Gasteiger partial charge in [0, 0.05) is 6.42 Å². The van der Waals surface area contributed by atoms with Crippen molar-refractivity contribution in [3.05, 3.63) is 28.2 Å².